The molecule has 0 saturated carbocycles. The predicted molar refractivity (Wildman–Crippen MR) is 74.7 cm³/mol. The van der Waals surface area contributed by atoms with Crippen molar-refractivity contribution >= 4 is 22.9 Å². The van der Waals surface area contributed by atoms with Gasteiger partial charge in [-0.1, -0.05) is 6.07 Å². The van der Waals surface area contributed by atoms with E-state index in [1.165, 1.54) is 11.8 Å². The molecule has 19 heavy (non-hydrogen) atoms. The summed E-state index contributed by atoms with van der Waals surface area (Å²) < 4.78 is 1.70. The fourth-order valence-electron chi connectivity index (χ4n) is 1.98. The molecule has 0 fully saturated rings. The second-order valence-electron chi connectivity index (χ2n) is 4.59. The SMILES string of the molecule is CC(=O)CC(=O)c1nn(C)c(C)c1Cc1cccs1. The van der Waals surface area contributed by atoms with E-state index in [4.69, 9.17) is 0 Å². The minimum Gasteiger partial charge on any atom is -0.300 e. The van der Waals surface area contributed by atoms with Crippen molar-refractivity contribution in [1.82, 2.24) is 9.78 Å². The summed E-state index contributed by atoms with van der Waals surface area (Å²) in [5, 5.41) is 6.28. The molecule has 2 heterocycles. The Morgan fingerprint density at radius 2 is 2.16 bits per heavy atom. The molecule has 0 unspecified atom stereocenters. The third-order valence-electron chi connectivity index (χ3n) is 3.06. The van der Waals surface area contributed by atoms with Crippen molar-refractivity contribution in [2.45, 2.75) is 26.7 Å². The van der Waals surface area contributed by atoms with Crippen LogP contribution in [-0.4, -0.2) is 21.3 Å². The zero-order valence-electron chi connectivity index (χ0n) is 11.3. The van der Waals surface area contributed by atoms with Gasteiger partial charge < -0.3 is 0 Å². The molecular formula is C14H16N2O2S. The lowest BCUT2D eigenvalue weighted by molar-refractivity contribution is -0.116. The summed E-state index contributed by atoms with van der Waals surface area (Å²) in [6.45, 7) is 3.37. The van der Waals surface area contributed by atoms with Crippen molar-refractivity contribution in [3.8, 4) is 0 Å². The molecule has 2 aromatic rings. The number of aryl methyl sites for hydroxylation is 1. The zero-order valence-corrected chi connectivity index (χ0v) is 12.1. The van der Waals surface area contributed by atoms with Crippen molar-refractivity contribution in [2.75, 3.05) is 0 Å². The van der Waals surface area contributed by atoms with Gasteiger partial charge in [-0.2, -0.15) is 5.10 Å². The minimum atomic E-state index is -0.192. The van der Waals surface area contributed by atoms with Crippen LogP contribution < -0.4 is 0 Å². The van der Waals surface area contributed by atoms with Crippen LogP contribution in [0.25, 0.3) is 0 Å². The molecule has 0 radical (unpaired) electrons. The molecule has 0 aliphatic heterocycles. The largest absolute Gasteiger partial charge is 0.300 e. The Morgan fingerprint density at radius 3 is 2.74 bits per heavy atom. The van der Waals surface area contributed by atoms with Crippen LogP contribution in [0.5, 0.6) is 0 Å². The topological polar surface area (TPSA) is 52.0 Å². The fourth-order valence-corrected chi connectivity index (χ4v) is 2.70. The molecular weight excluding hydrogens is 260 g/mol. The molecule has 0 aliphatic carbocycles. The van der Waals surface area contributed by atoms with Gasteiger partial charge in [0.05, 0.1) is 6.42 Å². The summed E-state index contributed by atoms with van der Waals surface area (Å²) in [7, 11) is 1.82. The predicted octanol–water partition coefficient (Wildman–Crippen LogP) is 2.54. The number of aromatic nitrogens is 2. The van der Waals surface area contributed by atoms with Crippen LogP contribution in [-0.2, 0) is 18.3 Å². The quantitative estimate of drug-likeness (QED) is 0.623. The first-order chi connectivity index (χ1) is 8.99. The molecule has 0 N–H and O–H groups in total. The average Bonchev–Trinajstić information content (AvgIpc) is 2.92. The number of carbonyl (C=O) groups excluding carboxylic acids is 2. The van der Waals surface area contributed by atoms with E-state index in [9.17, 15) is 9.59 Å². The number of hydrogen-bond acceptors (Lipinski definition) is 4. The van der Waals surface area contributed by atoms with Gasteiger partial charge >= 0.3 is 0 Å². The summed E-state index contributed by atoms with van der Waals surface area (Å²) >= 11 is 1.65. The second kappa shape index (κ2) is 5.48. The summed E-state index contributed by atoms with van der Waals surface area (Å²) in [6.07, 6.45) is 0.615. The van der Waals surface area contributed by atoms with Crippen LogP contribution >= 0.6 is 11.3 Å². The molecule has 5 heteroatoms. The molecule has 0 bridgehead atoms. The molecule has 0 aromatic carbocycles. The first kappa shape index (κ1) is 13.7. The van der Waals surface area contributed by atoms with Crippen LogP contribution in [0.15, 0.2) is 17.5 Å². The number of hydrogen-bond donors (Lipinski definition) is 0. The van der Waals surface area contributed by atoms with E-state index in [0.717, 1.165) is 11.3 Å². The number of thiophene rings is 1. The van der Waals surface area contributed by atoms with E-state index in [0.29, 0.717) is 12.1 Å². The van der Waals surface area contributed by atoms with E-state index < -0.39 is 0 Å². The number of Topliss-reactive ketones (excluding diaryl/α,β-unsaturated/α-hetero) is 2. The van der Waals surface area contributed by atoms with Crippen molar-refractivity contribution in [2.24, 2.45) is 7.05 Å². The standard InChI is InChI=1S/C14H16N2O2S/c1-9(17)7-13(18)14-12(10(2)16(3)15-14)8-11-5-4-6-19-11/h4-6H,7-8H2,1-3H3. The van der Waals surface area contributed by atoms with Gasteiger partial charge in [-0.15, -0.1) is 11.3 Å². The van der Waals surface area contributed by atoms with Gasteiger partial charge in [-0.3, -0.25) is 14.3 Å². The first-order valence-electron chi connectivity index (χ1n) is 6.06. The number of nitrogens with zero attached hydrogens (tertiary/aromatic N) is 2. The second-order valence-corrected chi connectivity index (χ2v) is 5.63. The molecule has 2 rings (SSSR count). The van der Waals surface area contributed by atoms with Crippen molar-refractivity contribution < 1.29 is 9.59 Å². The highest BCUT2D eigenvalue weighted by Gasteiger charge is 2.20. The van der Waals surface area contributed by atoms with Gasteiger partial charge in [-0.05, 0) is 25.3 Å². The smallest absolute Gasteiger partial charge is 0.190 e. The molecule has 0 saturated heterocycles. The van der Waals surface area contributed by atoms with Gasteiger partial charge in [0.15, 0.2) is 5.78 Å². The monoisotopic (exact) mass is 276 g/mol. The Kier molecular flexibility index (Phi) is 3.95. The van der Waals surface area contributed by atoms with Crippen molar-refractivity contribution in [3.05, 3.63) is 39.3 Å². The number of carbonyl (C=O) groups is 2. The normalized spacial score (nSPS) is 10.7. The first-order valence-corrected chi connectivity index (χ1v) is 6.94. The zero-order chi connectivity index (χ0) is 14.0. The average molecular weight is 276 g/mol. The third kappa shape index (κ3) is 2.98. The Labute approximate surface area is 116 Å². The van der Waals surface area contributed by atoms with Crippen molar-refractivity contribution in [3.63, 3.8) is 0 Å². The van der Waals surface area contributed by atoms with Crippen LogP contribution in [0.3, 0.4) is 0 Å². The maximum atomic E-state index is 12.1. The summed E-state index contributed by atoms with van der Waals surface area (Å²) in [5.74, 6) is -0.321. The number of ketones is 2. The molecule has 0 aliphatic rings. The third-order valence-corrected chi connectivity index (χ3v) is 3.94. The van der Waals surface area contributed by atoms with Gasteiger partial charge in [0.2, 0.25) is 0 Å². The van der Waals surface area contributed by atoms with Crippen LogP contribution in [0.2, 0.25) is 0 Å². The maximum Gasteiger partial charge on any atom is 0.190 e. The molecule has 0 amide bonds. The Bertz CT molecular complexity index is 612. The Balaban J connectivity index is 2.35. The highest BCUT2D eigenvalue weighted by molar-refractivity contribution is 7.09. The summed E-state index contributed by atoms with van der Waals surface area (Å²) in [4.78, 5) is 24.4. The van der Waals surface area contributed by atoms with Gasteiger partial charge in [0.1, 0.15) is 11.5 Å². The Morgan fingerprint density at radius 1 is 1.42 bits per heavy atom. The lowest BCUT2D eigenvalue weighted by Gasteiger charge is -2.01. The van der Waals surface area contributed by atoms with Crippen molar-refractivity contribution in [1.29, 1.82) is 0 Å². The Hall–Kier alpha value is -1.75. The van der Waals surface area contributed by atoms with Crippen LogP contribution in [0.4, 0.5) is 0 Å². The number of rotatable bonds is 5. The highest BCUT2D eigenvalue weighted by Crippen LogP contribution is 2.21. The van der Waals surface area contributed by atoms with E-state index in [1.807, 2.05) is 31.5 Å². The lowest BCUT2D eigenvalue weighted by atomic mass is 10.0. The highest BCUT2D eigenvalue weighted by atomic mass is 32.1. The van der Waals surface area contributed by atoms with E-state index in [2.05, 4.69) is 5.10 Å². The lowest BCUT2D eigenvalue weighted by Crippen LogP contribution is -2.08. The maximum absolute atomic E-state index is 12.1. The van der Waals surface area contributed by atoms with Gasteiger partial charge in [0, 0.05) is 29.6 Å². The van der Waals surface area contributed by atoms with Crippen LogP contribution in [0.1, 0.15) is 40.0 Å². The summed E-state index contributed by atoms with van der Waals surface area (Å²) in [5.41, 5.74) is 2.33. The van der Waals surface area contributed by atoms with Gasteiger partial charge in [0.25, 0.3) is 0 Å². The van der Waals surface area contributed by atoms with Crippen LogP contribution in [0, 0.1) is 6.92 Å². The fraction of sp³-hybridized carbons (Fsp3) is 0.357. The van der Waals surface area contributed by atoms with E-state index >= 15 is 0 Å². The van der Waals surface area contributed by atoms with E-state index in [1.54, 1.807) is 16.0 Å². The molecule has 0 spiro atoms. The summed E-state index contributed by atoms with van der Waals surface area (Å²) in [6, 6.07) is 4.03. The molecule has 2 aromatic heterocycles. The van der Waals surface area contributed by atoms with E-state index in [-0.39, 0.29) is 18.0 Å². The minimum absolute atomic E-state index is 0.0755. The van der Waals surface area contributed by atoms with Gasteiger partial charge in [-0.25, -0.2) is 0 Å². The molecule has 100 valence electrons. The molecule has 0 atom stereocenters. The molecule has 4 nitrogen and oxygen atoms in total.